The highest BCUT2D eigenvalue weighted by Gasteiger charge is 2.58. The molecular weight excluding hydrogens is 749 g/mol. The quantitative estimate of drug-likeness (QED) is 0.152. The summed E-state index contributed by atoms with van der Waals surface area (Å²) in [6.07, 6.45) is -0.459. The fourth-order valence-corrected chi connectivity index (χ4v) is 7.83. The molecule has 0 bridgehead atoms. The number of methoxy groups -OCH3 is 1. The van der Waals surface area contributed by atoms with Crippen molar-refractivity contribution in [3.05, 3.63) is 77.3 Å². The molecule has 1 amide bonds. The molecule has 0 aromatic heterocycles. The maximum absolute atomic E-state index is 17.0. The number of carbonyl (C=O) groups is 2. The molecule has 0 spiro atoms. The minimum atomic E-state index is -5.84. The number of sulfonamides is 1. The SMILES string of the molecule is COc1cc(C(F)(F)[C@@H](C(=O)N2CCC(N)CC2)N(OC(=O)C(F)(F)F)S(=O)(=O)c2ccc(OCC3CCCCC3)cc2)ccc1-c1ccc(Cl)cc1. The van der Waals surface area contributed by atoms with Crippen LogP contribution in [0.2, 0.25) is 5.02 Å². The predicted octanol–water partition coefficient (Wildman–Crippen LogP) is 7.10. The van der Waals surface area contributed by atoms with E-state index in [-0.39, 0.29) is 43.3 Å². The molecule has 0 radical (unpaired) electrons. The molecule has 288 valence electrons. The van der Waals surface area contributed by atoms with Crippen molar-refractivity contribution in [2.45, 2.75) is 74.0 Å². The van der Waals surface area contributed by atoms with Crippen molar-refractivity contribution in [3.8, 4) is 22.6 Å². The molecule has 2 aliphatic rings. The smallest absolute Gasteiger partial charge is 0.492 e. The first-order valence-electron chi connectivity index (χ1n) is 17.0. The molecule has 2 N–H and O–H groups in total. The zero-order chi connectivity index (χ0) is 38.6. The number of halogens is 6. The van der Waals surface area contributed by atoms with Gasteiger partial charge >= 0.3 is 18.1 Å². The third-order valence-electron chi connectivity index (χ3n) is 9.35. The van der Waals surface area contributed by atoms with E-state index in [0.29, 0.717) is 22.8 Å². The van der Waals surface area contributed by atoms with E-state index < -0.39 is 61.0 Å². The van der Waals surface area contributed by atoms with Gasteiger partial charge in [-0.25, -0.2) is 13.2 Å². The normalized spacial score (nSPS) is 17.0. The Balaban J connectivity index is 1.59. The second-order valence-corrected chi connectivity index (χ2v) is 15.3. The van der Waals surface area contributed by atoms with E-state index in [0.717, 1.165) is 61.3 Å². The van der Waals surface area contributed by atoms with Gasteiger partial charge in [-0.05, 0) is 84.1 Å². The van der Waals surface area contributed by atoms with Crippen molar-refractivity contribution in [2.24, 2.45) is 11.7 Å². The second kappa shape index (κ2) is 16.6. The van der Waals surface area contributed by atoms with Crippen molar-refractivity contribution in [1.29, 1.82) is 0 Å². The van der Waals surface area contributed by atoms with Gasteiger partial charge in [0.1, 0.15) is 11.5 Å². The molecule has 1 aliphatic heterocycles. The maximum atomic E-state index is 17.0. The minimum Gasteiger partial charge on any atom is -0.496 e. The van der Waals surface area contributed by atoms with E-state index in [1.54, 1.807) is 24.3 Å². The number of nitrogens with zero attached hydrogens (tertiary/aromatic N) is 2. The third kappa shape index (κ3) is 9.39. The second-order valence-electron chi connectivity index (χ2n) is 13.0. The van der Waals surface area contributed by atoms with Crippen LogP contribution in [0.3, 0.4) is 0 Å². The monoisotopic (exact) mass is 787 g/mol. The van der Waals surface area contributed by atoms with Crippen molar-refractivity contribution in [3.63, 3.8) is 0 Å². The molecule has 1 atom stereocenters. The van der Waals surface area contributed by atoms with Crippen LogP contribution in [0.15, 0.2) is 71.6 Å². The molecular formula is C36H39ClF5N3O7S. The van der Waals surface area contributed by atoms with Crippen LogP contribution in [0.1, 0.15) is 50.5 Å². The van der Waals surface area contributed by atoms with Gasteiger partial charge in [0.05, 0.1) is 18.6 Å². The summed E-state index contributed by atoms with van der Waals surface area (Å²) < 4.78 is 114. The van der Waals surface area contributed by atoms with Crippen LogP contribution in [0.4, 0.5) is 22.0 Å². The Kier molecular flexibility index (Phi) is 12.6. The number of alkyl halides is 5. The lowest BCUT2D eigenvalue weighted by molar-refractivity contribution is -0.239. The topological polar surface area (TPSA) is 128 Å². The Bertz CT molecular complexity index is 1850. The van der Waals surface area contributed by atoms with Crippen molar-refractivity contribution in [2.75, 3.05) is 26.8 Å². The molecule has 3 aromatic rings. The van der Waals surface area contributed by atoms with Crippen LogP contribution in [0.25, 0.3) is 11.1 Å². The summed E-state index contributed by atoms with van der Waals surface area (Å²) in [4.78, 5) is 30.7. The van der Waals surface area contributed by atoms with Gasteiger partial charge < -0.3 is 24.9 Å². The van der Waals surface area contributed by atoms with Gasteiger partial charge in [-0.15, -0.1) is 0 Å². The van der Waals surface area contributed by atoms with Crippen LogP contribution in [0, 0.1) is 5.92 Å². The van der Waals surface area contributed by atoms with Gasteiger partial charge in [-0.2, -0.15) is 22.0 Å². The minimum absolute atomic E-state index is 0.130. The molecule has 1 saturated heterocycles. The summed E-state index contributed by atoms with van der Waals surface area (Å²) in [5.41, 5.74) is 5.70. The molecule has 1 aliphatic carbocycles. The molecule has 2 fully saturated rings. The number of hydrogen-bond acceptors (Lipinski definition) is 8. The van der Waals surface area contributed by atoms with Gasteiger partial charge in [0.25, 0.3) is 15.9 Å². The third-order valence-corrected chi connectivity index (χ3v) is 11.2. The van der Waals surface area contributed by atoms with Crippen molar-refractivity contribution in [1.82, 2.24) is 9.37 Å². The predicted molar refractivity (Wildman–Crippen MR) is 185 cm³/mol. The summed E-state index contributed by atoms with van der Waals surface area (Å²) in [5.74, 6) is -9.05. The number of carbonyl (C=O) groups excluding carboxylic acids is 2. The molecule has 53 heavy (non-hydrogen) atoms. The lowest BCUT2D eigenvalue weighted by atomic mass is 9.90. The summed E-state index contributed by atoms with van der Waals surface area (Å²) in [6, 6.07) is 9.61. The zero-order valence-corrected chi connectivity index (χ0v) is 30.2. The van der Waals surface area contributed by atoms with Gasteiger partial charge in [0.2, 0.25) is 6.04 Å². The first kappa shape index (κ1) is 40.2. The highest BCUT2D eigenvalue weighted by atomic mass is 35.5. The number of benzene rings is 3. The summed E-state index contributed by atoms with van der Waals surface area (Å²) in [7, 11) is -4.44. The number of amides is 1. The summed E-state index contributed by atoms with van der Waals surface area (Å²) >= 11 is 5.98. The largest absolute Gasteiger partial charge is 0.496 e. The average molecular weight is 788 g/mol. The lowest BCUT2D eigenvalue weighted by Crippen LogP contribution is -2.60. The Morgan fingerprint density at radius 3 is 2.13 bits per heavy atom. The van der Waals surface area contributed by atoms with E-state index in [1.165, 1.54) is 25.3 Å². The lowest BCUT2D eigenvalue weighted by Gasteiger charge is -2.38. The van der Waals surface area contributed by atoms with E-state index in [1.807, 2.05) is 0 Å². The van der Waals surface area contributed by atoms with E-state index in [2.05, 4.69) is 4.84 Å². The number of ether oxygens (including phenoxy) is 2. The van der Waals surface area contributed by atoms with Gasteiger partial charge in [-0.3, -0.25) is 4.79 Å². The number of hydrogen-bond donors (Lipinski definition) is 1. The Labute approximate surface area is 308 Å². The number of hydroxylamine groups is 1. The first-order valence-corrected chi connectivity index (χ1v) is 18.8. The van der Waals surface area contributed by atoms with Crippen LogP contribution >= 0.6 is 11.6 Å². The Morgan fingerprint density at radius 2 is 1.55 bits per heavy atom. The highest BCUT2D eigenvalue weighted by Crippen LogP contribution is 2.43. The number of nitrogens with two attached hydrogens (primary N) is 1. The molecule has 1 saturated carbocycles. The van der Waals surface area contributed by atoms with Crippen LogP contribution < -0.4 is 15.2 Å². The average Bonchev–Trinajstić information content (AvgIpc) is 3.14. The number of piperidine rings is 1. The zero-order valence-electron chi connectivity index (χ0n) is 28.7. The van der Waals surface area contributed by atoms with Crippen molar-refractivity contribution < 1.29 is 54.3 Å². The standard InChI is InChI=1S/C36H39ClF5N3O7S/c1-50-31-21-25(9-16-30(31)24-7-10-26(37)11-8-24)35(38,39)32(33(46)44-19-17-27(43)18-20-44)45(52-34(47)36(40,41)42)53(48,49)29-14-12-28(13-15-29)51-22-23-5-3-2-4-6-23/h7-16,21,23,27,32H,2-6,17-20,22,43H2,1H3/t32-/m1/s1. The van der Waals surface area contributed by atoms with Crippen LogP contribution in [-0.4, -0.2) is 74.7 Å². The van der Waals surface area contributed by atoms with E-state index in [9.17, 15) is 31.2 Å². The van der Waals surface area contributed by atoms with Gasteiger partial charge in [-0.1, -0.05) is 55.1 Å². The van der Waals surface area contributed by atoms with E-state index >= 15 is 8.78 Å². The molecule has 5 rings (SSSR count). The molecule has 1 heterocycles. The van der Waals surface area contributed by atoms with Crippen LogP contribution in [-0.2, 0) is 30.4 Å². The highest BCUT2D eigenvalue weighted by molar-refractivity contribution is 7.89. The molecule has 17 heteroatoms. The Hall–Kier alpha value is -3.99. The van der Waals surface area contributed by atoms with Gasteiger partial charge in [0.15, 0.2) is 0 Å². The summed E-state index contributed by atoms with van der Waals surface area (Å²) in [5, 5.41) is 0.396. The van der Waals surface area contributed by atoms with Crippen LogP contribution in [0.5, 0.6) is 11.5 Å². The molecule has 0 unspecified atom stereocenters. The van der Waals surface area contributed by atoms with E-state index in [4.69, 9.17) is 26.8 Å². The maximum Gasteiger partial charge on any atom is 0.492 e. The molecule has 10 nitrogen and oxygen atoms in total. The molecule has 3 aromatic carbocycles. The van der Waals surface area contributed by atoms with Gasteiger partial charge in [0, 0.05) is 35.3 Å². The fourth-order valence-electron chi connectivity index (χ4n) is 6.35. The van der Waals surface area contributed by atoms with Crippen molar-refractivity contribution >= 4 is 33.5 Å². The summed E-state index contributed by atoms with van der Waals surface area (Å²) in [6.45, 7) is -0.108. The Morgan fingerprint density at radius 1 is 0.925 bits per heavy atom. The number of rotatable bonds is 12. The fraction of sp³-hybridized carbons (Fsp3) is 0.444. The first-order chi connectivity index (χ1) is 25.0. The number of likely N-dealkylation sites (tertiary alicyclic amines) is 1.